The number of aromatic nitrogens is 1. The number of pyridine rings is 1. The summed E-state index contributed by atoms with van der Waals surface area (Å²) >= 11 is 0. The molecular formula is C16H27N3O. The van der Waals surface area contributed by atoms with Crippen molar-refractivity contribution in [3.63, 3.8) is 0 Å². The van der Waals surface area contributed by atoms with Crippen LogP contribution in [0.2, 0.25) is 0 Å². The molecule has 0 saturated carbocycles. The Balaban J connectivity index is 2.05. The number of nitrogens with zero attached hydrogens (tertiary/aromatic N) is 2. The van der Waals surface area contributed by atoms with Crippen LogP contribution in [0, 0.1) is 0 Å². The Kier molecular flexibility index (Phi) is 5.00. The standard InChI is InChI=1S/C16H27N3O/c1-5-8-17-15-14(7-6-9-18-15)11-19-10-13(2)20-16(3,4)12-19/h6-7,9,13H,5,8,10-12H2,1-4H3,(H,17,18). The van der Waals surface area contributed by atoms with Crippen LogP contribution in [0.3, 0.4) is 0 Å². The molecule has 1 N–H and O–H groups in total. The van der Waals surface area contributed by atoms with E-state index in [0.717, 1.165) is 38.4 Å². The highest BCUT2D eigenvalue weighted by Gasteiger charge is 2.31. The number of hydrogen-bond donors (Lipinski definition) is 1. The van der Waals surface area contributed by atoms with Crippen molar-refractivity contribution in [1.82, 2.24) is 9.88 Å². The molecule has 112 valence electrons. The topological polar surface area (TPSA) is 37.4 Å². The zero-order valence-corrected chi connectivity index (χ0v) is 13.1. The summed E-state index contributed by atoms with van der Waals surface area (Å²) in [6.45, 7) is 12.5. The van der Waals surface area contributed by atoms with Gasteiger partial charge in [0.2, 0.25) is 0 Å². The molecule has 4 nitrogen and oxygen atoms in total. The van der Waals surface area contributed by atoms with E-state index in [1.165, 1.54) is 5.56 Å². The van der Waals surface area contributed by atoms with Gasteiger partial charge in [0.15, 0.2) is 0 Å². The molecule has 1 unspecified atom stereocenters. The summed E-state index contributed by atoms with van der Waals surface area (Å²) in [5.74, 6) is 1.02. The van der Waals surface area contributed by atoms with Crippen molar-refractivity contribution >= 4 is 5.82 Å². The fourth-order valence-electron chi connectivity index (χ4n) is 2.92. The van der Waals surface area contributed by atoms with Gasteiger partial charge < -0.3 is 10.1 Å². The van der Waals surface area contributed by atoms with Crippen LogP contribution in [0.4, 0.5) is 5.82 Å². The van der Waals surface area contributed by atoms with Gasteiger partial charge in [-0.15, -0.1) is 0 Å². The molecule has 1 atom stereocenters. The van der Waals surface area contributed by atoms with Crippen molar-refractivity contribution in [2.24, 2.45) is 0 Å². The summed E-state index contributed by atoms with van der Waals surface area (Å²) in [7, 11) is 0. The highest BCUT2D eigenvalue weighted by Crippen LogP contribution is 2.23. The first-order chi connectivity index (χ1) is 9.50. The molecule has 4 heteroatoms. The second-order valence-electron chi connectivity index (χ2n) is 6.30. The number of morpholine rings is 1. The highest BCUT2D eigenvalue weighted by atomic mass is 16.5. The van der Waals surface area contributed by atoms with Crippen LogP contribution >= 0.6 is 0 Å². The summed E-state index contributed by atoms with van der Waals surface area (Å²) in [5.41, 5.74) is 1.20. The maximum atomic E-state index is 5.96. The van der Waals surface area contributed by atoms with Crippen LogP contribution in [-0.2, 0) is 11.3 Å². The van der Waals surface area contributed by atoms with Gasteiger partial charge in [0.1, 0.15) is 5.82 Å². The van der Waals surface area contributed by atoms with Crippen LogP contribution < -0.4 is 5.32 Å². The van der Waals surface area contributed by atoms with Gasteiger partial charge >= 0.3 is 0 Å². The van der Waals surface area contributed by atoms with Crippen molar-refractivity contribution in [3.8, 4) is 0 Å². The second kappa shape index (κ2) is 6.55. The summed E-state index contributed by atoms with van der Waals surface area (Å²) in [4.78, 5) is 6.93. The quantitative estimate of drug-likeness (QED) is 0.898. The number of nitrogens with one attached hydrogen (secondary N) is 1. The Labute approximate surface area is 122 Å². The molecule has 0 aromatic carbocycles. The summed E-state index contributed by atoms with van der Waals surface area (Å²) in [6, 6.07) is 4.18. The van der Waals surface area contributed by atoms with Gasteiger partial charge in [0.25, 0.3) is 0 Å². The zero-order valence-electron chi connectivity index (χ0n) is 13.1. The van der Waals surface area contributed by atoms with Gasteiger partial charge in [0.05, 0.1) is 11.7 Å². The minimum atomic E-state index is -0.0725. The van der Waals surface area contributed by atoms with Gasteiger partial charge in [-0.25, -0.2) is 4.98 Å². The lowest BCUT2D eigenvalue weighted by Crippen LogP contribution is -2.51. The predicted molar refractivity (Wildman–Crippen MR) is 82.9 cm³/mol. The fourth-order valence-corrected chi connectivity index (χ4v) is 2.92. The average Bonchev–Trinajstić information content (AvgIpc) is 2.35. The number of ether oxygens (including phenoxy) is 1. The molecule has 0 aliphatic carbocycles. The first kappa shape index (κ1) is 15.3. The van der Waals surface area contributed by atoms with E-state index in [2.05, 4.69) is 49.0 Å². The first-order valence-electron chi connectivity index (χ1n) is 7.58. The lowest BCUT2D eigenvalue weighted by atomic mass is 10.0. The third-order valence-electron chi connectivity index (χ3n) is 3.47. The molecule has 1 fully saturated rings. The van der Waals surface area contributed by atoms with E-state index in [1.54, 1.807) is 0 Å². The van der Waals surface area contributed by atoms with E-state index in [-0.39, 0.29) is 11.7 Å². The van der Waals surface area contributed by atoms with Gasteiger partial charge in [-0.2, -0.15) is 0 Å². The number of hydrogen-bond acceptors (Lipinski definition) is 4. The summed E-state index contributed by atoms with van der Waals surface area (Å²) in [6.07, 6.45) is 3.24. The molecule has 1 aromatic rings. The molecule has 1 aromatic heterocycles. The van der Waals surface area contributed by atoms with E-state index in [9.17, 15) is 0 Å². The molecule has 2 rings (SSSR count). The fraction of sp³-hybridized carbons (Fsp3) is 0.688. The third kappa shape index (κ3) is 4.18. The van der Waals surface area contributed by atoms with Crippen LogP contribution in [0.1, 0.15) is 39.7 Å². The predicted octanol–water partition coefficient (Wildman–Crippen LogP) is 2.90. The van der Waals surface area contributed by atoms with Crippen LogP contribution in [-0.4, -0.2) is 41.2 Å². The summed E-state index contributed by atoms with van der Waals surface area (Å²) in [5, 5.41) is 3.42. The van der Waals surface area contributed by atoms with E-state index in [0.29, 0.717) is 0 Å². The van der Waals surface area contributed by atoms with Crippen molar-refractivity contribution in [2.75, 3.05) is 25.0 Å². The van der Waals surface area contributed by atoms with E-state index >= 15 is 0 Å². The molecule has 0 amide bonds. The minimum absolute atomic E-state index is 0.0725. The Hall–Kier alpha value is -1.13. The Morgan fingerprint density at radius 2 is 2.30 bits per heavy atom. The lowest BCUT2D eigenvalue weighted by molar-refractivity contribution is -0.130. The van der Waals surface area contributed by atoms with E-state index in [4.69, 9.17) is 4.74 Å². The van der Waals surface area contributed by atoms with Crippen molar-refractivity contribution in [1.29, 1.82) is 0 Å². The SMILES string of the molecule is CCCNc1ncccc1CN1CC(C)OC(C)(C)C1. The molecule has 2 heterocycles. The Morgan fingerprint density at radius 3 is 3.00 bits per heavy atom. The second-order valence-corrected chi connectivity index (χ2v) is 6.30. The van der Waals surface area contributed by atoms with Crippen LogP contribution in [0.15, 0.2) is 18.3 Å². The van der Waals surface area contributed by atoms with Crippen LogP contribution in [0.25, 0.3) is 0 Å². The minimum Gasteiger partial charge on any atom is -0.370 e. The van der Waals surface area contributed by atoms with E-state index in [1.807, 2.05) is 12.3 Å². The number of rotatable bonds is 5. The van der Waals surface area contributed by atoms with Gasteiger partial charge in [-0.05, 0) is 33.3 Å². The van der Waals surface area contributed by atoms with Crippen LogP contribution in [0.5, 0.6) is 0 Å². The highest BCUT2D eigenvalue weighted by molar-refractivity contribution is 5.43. The molecular weight excluding hydrogens is 250 g/mol. The van der Waals surface area contributed by atoms with Gasteiger partial charge in [0, 0.05) is 37.9 Å². The Bertz CT molecular complexity index is 433. The maximum Gasteiger partial charge on any atom is 0.130 e. The number of anilines is 1. The zero-order chi connectivity index (χ0) is 14.6. The maximum absolute atomic E-state index is 5.96. The third-order valence-corrected chi connectivity index (χ3v) is 3.47. The molecule has 0 bridgehead atoms. The van der Waals surface area contributed by atoms with Crippen molar-refractivity contribution < 1.29 is 4.74 Å². The average molecular weight is 277 g/mol. The Morgan fingerprint density at radius 1 is 1.50 bits per heavy atom. The smallest absolute Gasteiger partial charge is 0.130 e. The molecule has 0 spiro atoms. The lowest BCUT2D eigenvalue weighted by Gasteiger charge is -2.41. The molecule has 1 aliphatic rings. The summed E-state index contributed by atoms with van der Waals surface area (Å²) < 4.78 is 5.96. The van der Waals surface area contributed by atoms with Crippen molar-refractivity contribution in [2.45, 2.75) is 52.4 Å². The molecule has 1 saturated heterocycles. The van der Waals surface area contributed by atoms with Gasteiger partial charge in [-0.3, -0.25) is 4.90 Å². The van der Waals surface area contributed by atoms with Gasteiger partial charge in [-0.1, -0.05) is 13.0 Å². The molecule has 20 heavy (non-hydrogen) atoms. The normalized spacial score (nSPS) is 22.7. The largest absolute Gasteiger partial charge is 0.370 e. The molecule has 0 radical (unpaired) electrons. The monoisotopic (exact) mass is 277 g/mol. The molecule has 1 aliphatic heterocycles. The van der Waals surface area contributed by atoms with Crippen molar-refractivity contribution in [3.05, 3.63) is 23.9 Å². The first-order valence-corrected chi connectivity index (χ1v) is 7.58. The van der Waals surface area contributed by atoms with E-state index < -0.39 is 0 Å².